The molecule has 2 fully saturated rings. The molecule has 2 aromatic rings. The number of hydrogen-bond donors (Lipinski definition) is 1. The first-order valence-corrected chi connectivity index (χ1v) is 14.4. The average molecular weight is 521 g/mol. The summed E-state index contributed by atoms with van der Waals surface area (Å²) in [7, 11) is -2.11. The number of sulfone groups is 1. The third-order valence-electron chi connectivity index (χ3n) is 6.21. The van der Waals surface area contributed by atoms with Crippen LogP contribution >= 0.6 is 12.2 Å². The predicted molar refractivity (Wildman–Crippen MR) is 139 cm³/mol. The lowest BCUT2D eigenvalue weighted by atomic mass is 10.2. The van der Waals surface area contributed by atoms with Gasteiger partial charge in [0.25, 0.3) is 0 Å². The van der Waals surface area contributed by atoms with Gasteiger partial charge in [0.2, 0.25) is 15.0 Å². The molecule has 0 bridgehead atoms. The Labute approximate surface area is 213 Å². The van der Waals surface area contributed by atoms with Crippen LogP contribution in [0.3, 0.4) is 0 Å². The lowest BCUT2D eigenvalue weighted by Gasteiger charge is -2.29. The highest BCUT2D eigenvalue weighted by Gasteiger charge is 2.29. The van der Waals surface area contributed by atoms with Gasteiger partial charge in [-0.3, -0.25) is 0 Å². The fourth-order valence-electron chi connectivity index (χ4n) is 4.32. The van der Waals surface area contributed by atoms with E-state index in [0.717, 1.165) is 38.0 Å². The third-order valence-corrected chi connectivity index (χ3v) is 8.18. The molecule has 1 saturated carbocycles. The summed E-state index contributed by atoms with van der Waals surface area (Å²) < 4.78 is 39.9. The highest BCUT2D eigenvalue weighted by atomic mass is 32.2. The summed E-state index contributed by atoms with van der Waals surface area (Å²) in [6.07, 6.45) is 6.14. The van der Waals surface area contributed by atoms with E-state index in [0.29, 0.717) is 42.1 Å². The number of imidazole rings is 1. The summed E-state index contributed by atoms with van der Waals surface area (Å²) in [4.78, 5) is 6.53. The predicted octanol–water partition coefficient (Wildman–Crippen LogP) is 3.54. The number of rotatable bonds is 11. The summed E-state index contributed by atoms with van der Waals surface area (Å²) >= 11 is 5.75. The standard InChI is InChI=1S/C25H36N4O4S2/c1-18(2)14-29-21(15-28(16-23-8-5-11-33-23)24(34)27-20-9-10-20)13-26-25(29)35(30,31)17-19-6-4-7-22(12-19)32-3/h4,6-7,12-13,18,20,23H,5,8-11,14-17H2,1-3H3,(H,27,34). The Morgan fingerprint density at radius 2 is 2.14 bits per heavy atom. The van der Waals surface area contributed by atoms with Crippen LogP contribution in [0.5, 0.6) is 5.75 Å². The number of aromatic nitrogens is 2. The maximum absolute atomic E-state index is 13.5. The molecule has 0 radical (unpaired) electrons. The number of nitrogens with zero attached hydrogens (tertiary/aromatic N) is 3. The van der Waals surface area contributed by atoms with Crippen LogP contribution in [0.25, 0.3) is 0 Å². The lowest BCUT2D eigenvalue weighted by Crippen LogP contribution is -2.44. The van der Waals surface area contributed by atoms with Crippen LogP contribution in [0.15, 0.2) is 35.6 Å². The van der Waals surface area contributed by atoms with Gasteiger partial charge >= 0.3 is 0 Å². The molecule has 8 nitrogen and oxygen atoms in total. The van der Waals surface area contributed by atoms with Gasteiger partial charge in [0.05, 0.1) is 37.4 Å². The van der Waals surface area contributed by atoms with E-state index >= 15 is 0 Å². The van der Waals surface area contributed by atoms with Gasteiger partial charge in [-0.05, 0) is 61.5 Å². The highest BCUT2D eigenvalue weighted by Crippen LogP contribution is 2.24. The van der Waals surface area contributed by atoms with Crippen molar-refractivity contribution < 1.29 is 17.9 Å². The summed E-state index contributed by atoms with van der Waals surface area (Å²) in [5.74, 6) is 0.738. The SMILES string of the molecule is COc1cccc(CS(=O)(=O)c2ncc(CN(CC3CCCO3)C(=S)NC3CC3)n2CC(C)C)c1. The van der Waals surface area contributed by atoms with Crippen molar-refractivity contribution in [2.24, 2.45) is 5.92 Å². The third kappa shape index (κ3) is 6.95. The van der Waals surface area contributed by atoms with Crippen molar-refractivity contribution in [3.63, 3.8) is 0 Å². The molecule has 1 aliphatic carbocycles. The Balaban J connectivity index is 1.59. The van der Waals surface area contributed by atoms with Crippen LogP contribution in [0.4, 0.5) is 0 Å². The zero-order chi connectivity index (χ0) is 25.0. The minimum Gasteiger partial charge on any atom is -0.497 e. The Bertz CT molecular complexity index is 1120. The molecule has 1 aromatic carbocycles. The second kappa shape index (κ2) is 11.3. The van der Waals surface area contributed by atoms with Crippen molar-refractivity contribution in [2.45, 2.75) is 75.7 Å². The van der Waals surface area contributed by atoms with Crippen molar-refractivity contribution in [2.75, 3.05) is 20.3 Å². The number of nitrogens with one attached hydrogen (secondary N) is 1. The Hall–Kier alpha value is -2.17. The lowest BCUT2D eigenvalue weighted by molar-refractivity contribution is 0.0892. The van der Waals surface area contributed by atoms with Gasteiger partial charge in [-0.15, -0.1) is 0 Å². The van der Waals surface area contributed by atoms with E-state index in [-0.39, 0.29) is 22.9 Å². The van der Waals surface area contributed by atoms with E-state index in [1.165, 1.54) is 0 Å². The van der Waals surface area contributed by atoms with Crippen molar-refractivity contribution in [1.29, 1.82) is 0 Å². The van der Waals surface area contributed by atoms with Crippen LogP contribution in [0, 0.1) is 5.92 Å². The molecule has 2 aliphatic rings. The summed E-state index contributed by atoms with van der Waals surface area (Å²) in [5, 5.41) is 4.23. The van der Waals surface area contributed by atoms with E-state index in [1.807, 2.05) is 4.57 Å². The van der Waals surface area contributed by atoms with Crippen molar-refractivity contribution in [1.82, 2.24) is 19.8 Å². The zero-order valence-corrected chi connectivity index (χ0v) is 22.4. The Morgan fingerprint density at radius 3 is 2.80 bits per heavy atom. The normalized spacial score (nSPS) is 18.1. The molecule has 4 rings (SSSR count). The molecular formula is C25H36N4O4S2. The smallest absolute Gasteiger partial charge is 0.228 e. The molecule has 1 aliphatic heterocycles. The molecule has 1 atom stereocenters. The zero-order valence-electron chi connectivity index (χ0n) is 20.8. The molecular weight excluding hydrogens is 484 g/mol. The molecule has 1 N–H and O–H groups in total. The minimum absolute atomic E-state index is 0.0992. The van der Waals surface area contributed by atoms with E-state index in [2.05, 4.69) is 29.0 Å². The van der Waals surface area contributed by atoms with Gasteiger partial charge in [0.1, 0.15) is 5.75 Å². The summed E-state index contributed by atoms with van der Waals surface area (Å²) in [6.45, 7) is 6.64. The molecule has 0 spiro atoms. The fourth-order valence-corrected chi connectivity index (χ4v) is 6.11. The van der Waals surface area contributed by atoms with Gasteiger partial charge in [0, 0.05) is 25.7 Å². The van der Waals surface area contributed by atoms with Gasteiger partial charge < -0.3 is 24.3 Å². The van der Waals surface area contributed by atoms with Gasteiger partial charge in [-0.2, -0.15) is 0 Å². The topological polar surface area (TPSA) is 85.7 Å². The largest absolute Gasteiger partial charge is 0.497 e. The molecule has 192 valence electrons. The summed E-state index contributed by atoms with van der Waals surface area (Å²) in [5.41, 5.74) is 1.50. The number of ether oxygens (including phenoxy) is 2. The Morgan fingerprint density at radius 1 is 1.34 bits per heavy atom. The monoisotopic (exact) mass is 520 g/mol. The first kappa shape index (κ1) is 25.9. The first-order chi connectivity index (χ1) is 16.7. The maximum atomic E-state index is 13.5. The Kier molecular flexibility index (Phi) is 8.34. The molecule has 10 heteroatoms. The highest BCUT2D eigenvalue weighted by molar-refractivity contribution is 7.90. The summed E-state index contributed by atoms with van der Waals surface area (Å²) in [6, 6.07) is 7.58. The number of hydrogen-bond acceptors (Lipinski definition) is 6. The molecule has 1 unspecified atom stereocenters. The molecule has 0 amide bonds. The van der Waals surface area contributed by atoms with E-state index in [9.17, 15) is 8.42 Å². The average Bonchev–Trinajstić information content (AvgIpc) is 3.30. The van der Waals surface area contributed by atoms with Crippen LogP contribution in [0.1, 0.15) is 50.8 Å². The number of methoxy groups -OCH3 is 1. The number of benzene rings is 1. The van der Waals surface area contributed by atoms with Gasteiger partial charge in [0.15, 0.2) is 5.11 Å². The van der Waals surface area contributed by atoms with Gasteiger partial charge in [-0.25, -0.2) is 13.4 Å². The molecule has 2 heterocycles. The van der Waals surface area contributed by atoms with Crippen LogP contribution in [-0.4, -0.2) is 60.4 Å². The molecule has 1 aromatic heterocycles. The quantitative estimate of drug-likeness (QED) is 0.451. The maximum Gasteiger partial charge on any atom is 0.228 e. The molecule has 35 heavy (non-hydrogen) atoms. The minimum atomic E-state index is -3.68. The van der Waals surface area contributed by atoms with Gasteiger partial charge in [-0.1, -0.05) is 26.0 Å². The van der Waals surface area contributed by atoms with Crippen molar-refractivity contribution in [3.8, 4) is 5.75 Å². The first-order valence-electron chi connectivity index (χ1n) is 12.3. The van der Waals surface area contributed by atoms with Crippen LogP contribution in [-0.2, 0) is 33.4 Å². The van der Waals surface area contributed by atoms with Crippen molar-refractivity contribution in [3.05, 3.63) is 41.7 Å². The molecule has 1 saturated heterocycles. The fraction of sp³-hybridized carbons (Fsp3) is 0.600. The van der Waals surface area contributed by atoms with Crippen LogP contribution in [0.2, 0.25) is 0 Å². The second-order valence-corrected chi connectivity index (χ2v) is 12.2. The van der Waals surface area contributed by atoms with E-state index in [1.54, 1.807) is 37.6 Å². The number of thiocarbonyl (C=S) groups is 1. The van der Waals surface area contributed by atoms with Crippen molar-refractivity contribution >= 4 is 27.2 Å². The van der Waals surface area contributed by atoms with E-state index < -0.39 is 9.84 Å². The second-order valence-electron chi connectivity index (χ2n) is 9.89. The van der Waals surface area contributed by atoms with Crippen LogP contribution < -0.4 is 10.1 Å². The van der Waals surface area contributed by atoms with E-state index in [4.69, 9.17) is 21.7 Å².